The Kier molecular flexibility index (Phi) is 2.97. The van der Waals surface area contributed by atoms with Crippen LogP contribution in [0.1, 0.15) is 16.2 Å². The smallest absolute Gasteiger partial charge is 0.355 e. The normalized spacial score (nSPS) is 10.5. The fourth-order valence-corrected chi connectivity index (χ4v) is 1.88. The van der Waals surface area contributed by atoms with E-state index in [0.717, 1.165) is 0 Å². The molecule has 1 N–H and O–H groups in total. The Labute approximate surface area is 105 Å². The van der Waals surface area contributed by atoms with E-state index in [-0.39, 0.29) is 11.5 Å². The standard InChI is InChI=1S/C11H8BrFN2O2/c1-6-9(12)10(11(16)17)15(14-6)8-4-2-7(13)3-5-8/h2-5H,1H3,(H,16,17). The molecule has 1 aromatic heterocycles. The number of carbonyl (C=O) groups is 1. The van der Waals surface area contributed by atoms with Crippen LogP contribution in [-0.4, -0.2) is 20.9 Å². The second-order valence-corrected chi connectivity index (χ2v) is 4.23. The monoisotopic (exact) mass is 298 g/mol. The summed E-state index contributed by atoms with van der Waals surface area (Å²) in [6.07, 6.45) is 0. The Morgan fingerprint density at radius 2 is 2.00 bits per heavy atom. The zero-order chi connectivity index (χ0) is 12.6. The summed E-state index contributed by atoms with van der Waals surface area (Å²) in [4.78, 5) is 11.1. The van der Waals surface area contributed by atoms with Crippen molar-refractivity contribution >= 4 is 21.9 Å². The summed E-state index contributed by atoms with van der Waals surface area (Å²) in [5, 5.41) is 13.2. The van der Waals surface area contributed by atoms with Crippen molar-refractivity contribution in [3.63, 3.8) is 0 Å². The van der Waals surface area contributed by atoms with Crippen molar-refractivity contribution < 1.29 is 14.3 Å². The van der Waals surface area contributed by atoms with Gasteiger partial charge in [-0.05, 0) is 47.1 Å². The van der Waals surface area contributed by atoms with Crippen LogP contribution in [-0.2, 0) is 0 Å². The highest BCUT2D eigenvalue weighted by molar-refractivity contribution is 9.10. The molecule has 0 radical (unpaired) electrons. The van der Waals surface area contributed by atoms with Gasteiger partial charge in [-0.3, -0.25) is 0 Å². The van der Waals surface area contributed by atoms with Crippen LogP contribution >= 0.6 is 15.9 Å². The molecule has 1 aromatic carbocycles. The van der Waals surface area contributed by atoms with Gasteiger partial charge < -0.3 is 5.11 Å². The van der Waals surface area contributed by atoms with Gasteiger partial charge in [0, 0.05) is 0 Å². The van der Waals surface area contributed by atoms with Crippen LogP contribution in [0.15, 0.2) is 28.7 Å². The first-order valence-electron chi connectivity index (χ1n) is 4.75. The molecule has 0 spiro atoms. The first kappa shape index (κ1) is 11.8. The van der Waals surface area contributed by atoms with E-state index in [1.807, 2.05) is 0 Å². The zero-order valence-electron chi connectivity index (χ0n) is 8.82. The quantitative estimate of drug-likeness (QED) is 0.927. The lowest BCUT2D eigenvalue weighted by Crippen LogP contribution is -2.08. The number of nitrogens with zero attached hydrogens (tertiary/aromatic N) is 2. The van der Waals surface area contributed by atoms with Gasteiger partial charge in [-0.15, -0.1) is 0 Å². The van der Waals surface area contributed by atoms with E-state index in [0.29, 0.717) is 15.9 Å². The molecule has 0 atom stereocenters. The van der Waals surface area contributed by atoms with Crippen molar-refractivity contribution in [3.05, 3.63) is 45.9 Å². The number of hydrogen-bond acceptors (Lipinski definition) is 2. The van der Waals surface area contributed by atoms with E-state index in [2.05, 4.69) is 21.0 Å². The highest BCUT2D eigenvalue weighted by Crippen LogP contribution is 2.23. The van der Waals surface area contributed by atoms with Crippen LogP contribution in [0.5, 0.6) is 0 Å². The lowest BCUT2D eigenvalue weighted by molar-refractivity contribution is 0.0686. The Hall–Kier alpha value is -1.69. The van der Waals surface area contributed by atoms with Crippen molar-refractivity contribution in [2.75, 3.05) is 0 Å². The largest absolute Gasteiger partial charge is 0.476 e. The van der Waals surface area contributed by atoms with Crippen molar-refractivity contribution in [1.29, 1.82) is 0 Å². The van der Waals surface area contributed by atoms with Crippen LogP contribution in [0.4, 0.5) is 4.39 Å². The molecule has 0 fully saturated rings. The highest BCUT2D eigenvalue weighted by atomic mass is 79.9. The van der Waals surface area contributed by atoms with Crippen LogP contribution in [0.3, 0.4) is 0 Å². The first-order chi connectivity index (χ1) is 8.00. The summed E-state index contributed by atoms with van der Waals surface area (Å²) in [7, 11) is 0. The van der Waals surface area contributed by atoms with E-state index >= 15 is 0 Å². The first-order valence-corrected chi connectivity index (χ1v) is 5.54. The summed E-state index contributed by atoms with van der Waals surface area (Å²) in [5.74, 6) is -1.48. The SMILES string of the molecule is Cc1nn(-c2ccc(F)cc2)c(C(=O)O)c1Br. The predicted octanol–water partition coefficient (Wildman–Crippen LogP) is 2.78. The molecule has 88 valence electrons. The molecule has 0 aliphatic heterocycles. The number of hydrogen-bond donors (Lipinski definition) is 1. The van der Waals surface area contributed by atoms with E-state index in [9.17, 15) is 9.18 Å². The molecule has 0 unspecified atom stereocenters. The average Bonchev–Trinajstić information content (AvgIpc) is 2.56. The summed E-state index contributed by atoms with van der Waals surface area (Å²) in [6, 6.07) is 5.46. The fourth-order valence-electron chi connectivity index (χ4n) is 1.46. The topological polar surface area (TPSA) is 55.1 Å². The second-order valence-electron chi connectivity index (χ2n) is 3.44. The third kappa shape index (κ3) is 2.08. The molecule has 17 heavy (non-hydrogen) atoms. The van der Waals surface area contributed by atoms with Gasteiger partial charge in [0.1, 0.15) is 5.82 Å². The van der Waals surface area contributed by atoms with Crippen LogP contribution in [0.25, 0.3) is 5.69 Å². The van der Waals surface area contributed by atoms with Gasteiger partial charge in [-0.2, -0.15) is 5.10 Å². The molecule has 0 bridgehead atoms. The zero-order valence-corrected chi connectivity index (χ0v) is 10.4. The maximum atomic E-state index is 12.8. The lowest BCUT2D eigenvalue weighted by atomic mass is 10.3. The number of aryl methyl sites for hydroxylation is 1. The van der Waals surface area contributed by atoms with Gasteiger partial charge in [-0.1, -0.05) is 0 Å². The Bertz CT molecular complexity index is 578. The van der Waals surface area contributed by atoms with Crippen LogP contribution in [0, 0.1) is 12.7 Å². The minimum Gasteiger partial charge on any atom is -0.476 e. The van der Waals surface area contributed by atoms with Crippen molar-refractivity contribution in [2.45, 2.75) is 6.92 Å². The molecule has 0 aliphatic carbocycles. The van der Waals surface area contributed by atoms with E-state index < -0.39 is 5.97 Å². The number of carboxylic acids is 1. The number of aromatic nitrogens is 2. The molecule has 0 amide bonds. The summed E-state index contributed by atoms with van der Waals surface area (Å²) in [5.41, 5.74) is 1.08. The van der Waals surface area contributed by atoms with Crippen molar-refractivity contribution in [3.8, 4) is 5.69 Å². The summed E-state index contributed by atoms with van der Waals surface area (Å²) >= 11 is 3.18. The van der Waals surface area contributed by atoms with E-state index in [1.54, 1.807) is 6.92 Å². The predicted molar refractivity (Wildman–Crippen MR) is 62.9 cm³/mol. The van der Waals surface area contributed by atoms with Gasteiger partial charge in [0.2, 0.25) is 0 Å². The van der Waals surface area contributed by atoms with Gasteiger partial charge in [0.15, 0.2) is 5.69 Å². The molecule has 2 rings (SSSR count). The Morgan fingerprint density at radius 1 is 1.41 bits per heavy atom. The maximum Gasteiger partial charge on any atom is 0.355 e. The summed E-state index contributed by atoms with van der Waals surface area (Å²) < 4.78 is 14.5. The number of rotatable bonds is 2. The summed E-state index contributed by atoms with van der Waals surface area (Å²) in [6.45, 7) is 1.69. The second kappa shape index (κ2) is 4.29. The van der Waals surface area contributed by atoms with E-state index in [4.69, 9.17) is 5.11 Å². The third-order valence-electron chi connectivity index (χ3n) is 2.26. The fraction of sp³-hybridized carbons (Fsp3) is 0.0909. The molecular weight excluding hydrogens is 291 g/mol. The van der Waals surface area contributed by atoms with Gasteiger partial charge >= 0.3 is 5.97 Å². The van der Waals surface area contributed by atoms with Gasteiger partial charge in [0.25, 0.3) is 0 Å². The molecule has 1 heterocycles. The minimum absolute atomic E-state index is 0.0223. The third-order valence-corrected chi connectivity index (χ3v) is 3.21. The molecule has 6 heteroatoms. The Morgan fingerprint density at radius 3 is 2.53 bits per heavy atom. The number of halogens is 2. The number of carboxylic acid groups (broad SMARTS) is 1. The number of aromatic carboxylic acids is 1. The molecule has 2 aromatic rings. The highest BCUT2D eigenvalue weighted by Gasteiger charge is 2.20. The lowest BCUT2D eigenvalue weighted by Gasteiger charge is -2.04. The molecule has 4 nitrogen and oxygen atoms in total. The average molecular weight is 299 g/mol. The van der Waals surface area contributed by atoms with Gasteiger partial charge in [0.05, 0.1) is 15.9 Å². The molecule has 0 aliphatic rings. The van der Waals surface area contributed by atoms with Crippen LogP contribution < -0.4 is 0 Å². The Balaban J connectivity index is 2.63. The van der Waals surface area contributed by atoms with Crippen LogP contribution in [0.2, 0.25) is 0 Å². The minimum atomic E-state index is -1.10. The van der Waals surface area contributed by atoms with Gasteiger partial charge in [-0.25, -0.2) is 13.9 Å². The maximum absolute atomic E-state index is 12.8. The molecule has 0 saturated heterocycles. The molecule has 0 saturated carbocycles. The number of benzene rings is 1. The van der Waals surface area contributed by atoms with Crippen molar-refractivity contribution in [2.24, 2.45) is 0 Å². The van der Waals surface area contributed by atoms with E-state index in [1.165, 1.54) is 28.9 Å². The molecular formula is C11H8BrFN2O2. The van der Waals surface area contributed by atoms with Crippen molar-refractivity contribution in [1.82, 2.24) is 9.78 Å².